The highest BCUT2D eigenvalue weighted by molar-refractivity contribution is 5.94. The highest BCUT2D eigenvalue weighted by Crippen LogP contribution is 2.40. The maximum Gasteiger partial charge on any atom is 0.251 e. The summed E-state index contributed by atoms with van der Waals surface area (Å²) >= 11 is 0. The van der Waals surface area contributed by atoms with Crippen molar-refractivity contribution in [1.82, 2.24) is 10.2 Å². The number of rotatable bonds is 6. The Morgan fingerprint density at radius 2 is 1.81 bits per heavy atom. The minimum absolute atomic E-state index is 0.0250. The van der Waals surface area contributed by atoms with Crippen molar-refractivity contribution in [1.29, 1.82) is 0 Å². The van der Waals surface area contributed by atoms with E-state index in [9.17, 15) is 9.59 Å². The Balaban J connectivity index is 1.49. The van der Waals surface area contributed by atoms with Crippen LogP contribution in [0, 0.1) is 11.3 Å². The first-order valence-corrected chi connectivity index (χ1v) is 10.6. The van der Waals surface area contributed by atoms with Gasteiger partial charge in [-0.3, -0.25) is 9.59 Å². The molecule has 1 heterocycles. The Kier molecular flexibility index (Phi) is 6.23. The van der Waals surface area contributed by atoms with E-state index >= 15 is 0 Å². The molecule has 0 atom stereocenters. The van der Waals surface area contributed by atoms with Crippen LogP contribution in [0.15, 0.2) is 24.3 Å². The Labute approximate surface area is 163 Å². The summed E-state index contributed by atoms with van der Waals surface area (Å²) in [6.45, 7) is 8.51. The monoisotopic (exact) mass is 370 g/mol. The van der Waals surface area contributed by atoms with Crippen LogP contribution in [0.1, 0.15) is 81.6 Å². The van der Waals surface area contributed by atoms with E-state index in [1.165, 1.54) is 19.3 Å². The van der Waals surface area contributed by atoms with Crippen LogP contribution in [0.3, 0.4) is 0 Å². The number of carbonyl (C=O) groups is 2. The number of nitrogens with one attached hydrogen (secondary N) is 1. The maximum absolute atomic E-state index is 12.6. The third kappa shape index (κ3) is 4.91. The highest BCUT2D eigenvalue weighted by atomic mass is 16.2. The highest BCUT2D eigenvalue weighted by Gasteiger charge is 2.32. The number of hydrogen-bond donors (Lipinski definition) is 1. The molecule has 148 valence electrons. The molecule has 27 heavy (non-hydrogen) atoms. The fraction of sp³-hybridized carbons (Fsp3) is 0.652. The molecule has 1 aliphatic heterocycles. The van der Waals surface area contributed by atoms with Gasteiger partial charge in [-0.15, -0.1) is 0 Å². The van der Waals surface area contributed by atoms with Crippen molar-refractivity contribution in [3.05, 3.63) is 35.4 Å². The lowest BCUT2D eigenvalue weighted by Crippen LogP contribution is -2.39. The molecule has 1 saturated heterocycles. The van der Waals surface area contributed by atoms with Crippen LogP contribution < -0.4 is 5.32 Å². The van der Waals surface area contributed by atoms with Crippen LogP contribution in [0.4, 0.5) is 0 Å². The lowest BCUT2D eigenvalue weighted by Gasteiger charge is -2.39. The molecule has 1 aromatic rings. The summed E-state index contributed by atoms with van der Waals surface area (Å²) in [7, 11) is 0. The number of likely N-dealkylation sites (tertiary alicyclic amines) is 1. The first kappa shape index (κ1) is 19.9. The van der Waals surface area contributed by atoms with Gasteiger partial charge in [0, 0.05) is 31.1 Å². The van der Waals surface area contributed by atoms with Crippen LogP contribution in [-0.2, 0) is 11.3 Å². The van der Waals surface area contributed by atoms with E-state index in [0.717, 1.165) is 37.3 Å². The van der Waals surface area contributed by atoms with Crippen molar-refractivity contribution in [3.8, 4) is 0 Å². The zero-order valence-electron chi connectivity index (χ0n) is 17.1. The number of hydrogen-bond acceptors (Lipinski definition) is 2. The molecule has 3 rings (SSSR count). The summed E-state index contributed by atoms with van der Waals surface area (Å²) in [6.07, 6.45) is 7.40. The van der Waals surface area contributed by atoms with Gasteiger partial charge in [0.1, 0.15) is 0 Å². The second-order valence-electron chi connectivity index (χ2n) is 8.98. The average Bonchev–Trinajstić information content (AvgIpc) is 3.07. The molecule has 0 radical (unpaired) electrons. The van der Waals surface area contributed by atoms with E-state index in [4.69, 9.17) is 0 Å². The molecule has 0 aromatic heterocycles. The van der Waals surface area contributed by atoms with E-state index in [2.05, 4.69) is 26.1 Å². The molecular weight excluding hydrogens is 336 g/mol. The smallest absolute Gasteiger partial charge is 0.251 e. The topological polar surface area (TPSA) is 49.4 Å². The van der Waals surface area contributed by atoms with E-state index in [1.807, 2.05) is 29.2 Å². The summed E-state index contributed by atoms with van der Waals surface area (Å²) in [5.74, 6) is 1.03. The largest absolute Gasteiger partial charge is 0.349 e. The molecule has 1 N–H and O–H groups in total. The van der Waals surface area contributed by atoms with Crippen LogP contribution in [0.25, 0.3) is 0 Å². The summed E-state index contributed by atoms with van der Waals surface area (Å²) in [4.78, 5) is 26.2. The van der Waals surface area contributed by atoms with Gasteiger partial charge >= 0.3 is 0 Å². The van der Waals surface area contributed by atoms with Gasteiger partial charge in [0.25, 0.3) is 5.91 Å². The Morgan fingerprint density at radius 1 is 1.15 bits per heavy atom. The number of nitrogens with zero attached hydrogens (tertiary/aromatic N) is 1. The molecule has 2 aliphatic rings. The average molecular weight is 371 g/mol. The summed E-state index contributed by atoms with van der Waals surface area (Å²) < 4.78 is 0. The van der Waals surface area contributed by atoms with Gasteiger partial charge in [0.2, 0.25) is 5.91 Å². The van der Waals surface area contributed by atoms with Gasteiger partial charge in [-0.2, -0.15) is 0 Å². The second-order valence-corrected chi connectivity index (χ2v) is 8.98. The first-order chi connectivity index (χ1) is 12.9. The van der Waals surface area contributed by atoms with Crippen LogP contribution in [0.5, 0.6) is 0 Å². The second kappa shape index (κ2) is 8.45. The molecule has 0 bridgehead atoms. The molecule has 0 spiro atoms. The number of amides is 2. The number of carbonyl (C=O) groups excluding carboxylic acids is 2. The lowest BCUT2D eigenvalue weighted by atomic mass is 9.69. The van der Waals surface area contributed by atoms with Crippen molar-refractivity contribution in [3.63, 3.8) is 0 Å². The molecular formula is C23H34N2O2. The Bertz CT molecular complexity index is 657. The predicted octanol–water partition coefficient (Wildman–Crippen LogP) is 4.53. The molecule has 1 aliphatic carbocycles. The Morgan fingerprint density at radius 3 is 2.37 bits per heavy atom. The standard InChI is InChI=1S/C23H34N2O2/c1-4-23(2,3)19-11-13-20(14-12-19)24-22(27)18-9-7-17(8-10-18)16-25-15-5-6-21(25)26/h7-10,19-20H,4-6,11-16H2,1-3H3,(H,24,27). The van der Waals surface area contributed by atoms with Crippen molar-refractivity contribution >= 4 is 11.8 Å². The van der Waals surface area contributed by atoms with Crippen LogP contribution in [-0.4, -0.2) is 29.3 Å². The van der Waals surface area contributed by atoms with Gasteiger partial charge in [-0.05, 0) is 61.1 Å². The summed E-state index contributed by atoms with van der Waals surface area (Å²) in [6, 6.07) is 8.01. The van der Waals surface area contributed by atoms with Crippen molar-refractivity contribution in [2.75, 3.05) is 6.54 Å². The quantitative estimate of drug-likeness (QED) is 0.799. The zero-order valence-corrected chi connectivity index (χ0v) is 17.1. The SMILES string of the molecule is CCC(C)(C)C1CCC(NC(=O)c2ccc(CN3CCCC3=O)cc2)CC1. The van der Waals surface area contributed by atoms with E-state index in [-0.39, 0.29) is 11.8 Å². The van der Waals surface area contributed by atoms with Crippen molar-refractivity contribution in [2.45, 2.75) is 78.3 Å². The van der Waals surface area contributed by atoms with Crippen molar-refractivity contribution < 1.29 is 9.59 Å². The van der Waals surface area contributed by atoms with Gasteiger partial charge in [-0.1, -0.05) is 39.3 Å². The minimum Gasteiger partial charge on any atom is -0.349 e. The van der Waals surface area contributed by atoms with Gasteiger partial charge in [0.05, 0.1) is 0 Å². The third-order valence-corrected chi connectivity index (χ3v) is 6.84. The fourth-order valence-electron chi connectivity index (χ4n) is 4.43. The normalized spacial score (nSPS) is 23.5. The van der Waals surface area contributed by atoms with Gasteiger partial charge in [-0.25, -0.2) is 0 Å². The molecule has 4 nitrogen and oxygen atoms in total. The van der Waals surface area contributed by atoms with Gasteiger partial charge in [0.15, 0.2) is 0 Å². The molecule has 0 unspecified atom stereocenters. The molecule has 4 heteroatoms. The van der Waals surface area contributed by atoms with E-state index in [1.54, 1.807) is 0 Å². The molecule has 1 saturated carbocycles. The predicted molar refractivity (Wildman–Crippen MR) is 108 cm³/mol. The lowest BCUT2D eigenvalue weighted by molar-refractivity contribution is -0.128. The number of benzene rings is 1. The maximum atomic E-state index is 12.6. The van der Waals surface area contributed by atoms with Crippen LogP contribution in [0.2, 0.25) is 0 Å². The van der Waals surface area contributed by atoms with E-state index in [0.29, 0.717) is 30.0 Å². The molecule has 2 fully saturated rings. The van der Waals surface area contributed by atoms with Crippen LogP contribution >= 0.6 is 0 Å². The Hall–Kier alpha value is -1.84. The summed E-state index contributed by atoms with van der Waals surface area (Å²) in [5.41, 5.74) is 2.20. The third-order valence-electron chi connectivity index (χ3n) is 6.84. The van der Waals surface area contributed by atoms with Gasteiger partial charge < -0.3 is 10.2 Å². The minimum atomic E-state index is 0.0250. The molecule has 1 aromatic carbocycles. The fourth-order valence-corrected chi connectivity index (χ4v) is 4.43. The summed E-state index contributed by atoms with van der Waals surface area (Å²) in [5, 5.41) is 3.22. The van der Waals surface area contributed by atoms with E-state index < -0.39 is 0 Å². The first-order valence-electron chi connectivity index (χ1n) is 10.6. The van der Waals surface area contributed by atoms with Crippen molar-refractivity contribution in [2.24, 2.45) is 11.3 Å². The zero-order chi connectivity index (χ0) is 19.4. The molecule has 2 amide bonds.